The second kappa shape index (κ2) is 8.02. The van der Waals surface area contributed by atoms with Crippen molar-refractivity contribution >= 4 is 18.1 Å². The smallest absolute Gasteiger partial charge is 0.422 e. The molecule has 0 heterocycles. The Morgan fingerprint density at radius 2 is 1.67 bits per heavy atom. The molecule has 0 atom stereocenters. The summed E-state index contributed by atoms with van der Waals surface area (Å²) in [5.41, 5.74) is -1.22. The summed E-state index contributed by atoms with van der Waals surface area (Å²) < 4.78 is 86.7. The third-order valence-corrected chi connectivity index (χ3v) is 5.19. The van der Waals surface area contributed by atoms with E-state index >= 15 is 0 Å². The zero-order chi connectivity index (χ0) is 22.2. The highest BCUT2D eigenvalue weighted by atomic mass is 35.5. The van der Waals surface area contributed by atoms with E-state index in [9.17, 15) is 31.1 Å². The van der Waals surface area contributed by atoms with Gasteiger partial charge in [0.15, 0.2) is 6.61 Å². The summed E-state index contributed by atoms with van der Waals surface area (Å²) >= 11 is 6.19. The number of hydrogen-bond donors (Lipinski definition) is 0. The normalized spacial score (nSPS) is 16.0. The number of halogens is 7. The van der Waals surface area contributed by atoms with Gasteiger partial charge in [-0.15, -0.1) is 0 Å². The van der Waals surface area contributed by atoms with Crippen molar-refractivity contribution in [1.82, 2.24) is 0 Å². The lowest BCUT2D eigenvalue weighted by atomic mass is 9.74. The Bertz CT molecular complexity index is 918. The summed E-state index contributed by atoms with van der Waals surface area (Å²) in [6.07, 6.45) is -7.49. The lowest BCUT2D eigenvalue weighted by Crippen LogP contribution is -2.37. The van der Waals surface area contributed by atoms with Crippen LogP contribution in [0.25, 0.3) is 11.1 Å². The third kappa shape index (κ3) is 4.66. The van der Waals surface area contributed by atoms with Crippen molar-refractivity contribution in [1.29, 1.82) is 0 Å². The second-order valence-corrected chi connectivity index (χ2v) is 7.28. The van der Waals surface area contributed by atoms with E-state index in [1.54, 1.807) is 0 Å². The molecule has 0 saturated heterocycles. The Labute approximate surface area is 172 Å². The molecule has 2 aromatic carbocycles. The molecule has 1 fully saturated rings. The highest BCUT2D eigenvalue weighted by Crippen LogP contribution is 2.49. The van der Waals surface area contributed by atoms with Crippen LogP contribution in [-0.2, 0) is 21.3 Å². The maximum Gasteiger partial charge on any atom is 0.422 e. The van der Waals surface area contributed by atoms with Crippen LogP contribution in [0.5, 0.6) is 5.75 Å². The third-order valence-electron chi connectivity index (χ3n) is 4.91. The fraction of sp³-hybridized carbons (Fsp3) is 0.350. The first kappa shape index (κ1) is 22.3. The minimum absolute atomic E-state index is 0.0660. The van der Waals surface area contributed by atoms with Crippen LogP contribution in [0.3, 0.4) is 0 Å². The summed E-state index contributed by atoms with van der Waals surface area (Å²) in [6.45, 7) is -1.35. The highest BCUT2D eigenvalue weighted by molar-refractivity contribution is 6.32. The van der Waals surface area contributed by atoms with Gasteiger partial charge in [-0.3, -0.25) is 4.79 Å². The molecule has 3 nitrogen and oxygen atoms in total. The number of ether oxygens (including phenoxy) is 2. The molecule has 3 rings (SSSR count). The molecular formula is C20H15ClF6O3. The molecule has 10 heteroatoms. The predicted molar refractivity (Wildman–Crippen MR) is 96.1 cm³/mol. The van der Waals surface area contributed by atoms with Gasteiger partial charge >= 0.3 is 12.4 Å². The van der Waals surface area contributed by atoms with Gasteiger partial charge < -0.3 is 9.47 Å². The maximum atomic E-state index is 12.9. The molecule has 0 aromatic heterocycles. The van der Waals surface area contributed by atoms with Gasteiger partial charge in [-0.1, -0.05) is 23.7 Å². The van der Waals surface area contributed by atoms with Crippen LogP contribution >= 0.6 is 11.6 Å². The number of benzene rings is 2. The number of carbonyl (C=O) groups is 1. The minimum Gasteiger partial charge on any atom is -0.482 e. The van der Waals surface area contributed by atoms with Crippen LogP contribution in [0.15, 0.2) is 36.4 Å². The monoisotopic (exact) mass is 452 g/mol. The molecule has 0 N–H and O–H groups in total. The standard InChI is InChI=1S/C20H15ClF6O3/c21-16-9-14(18(30-11-28)6-1-7-18)8-15(17(16)29-10-19(22,23)24)12-2-4-13(5-3-12)20(25,26)27/h2-5,8-9,11H,1,6-7,10H2. The SMILES string of the molecule is O=COC1(c2cc(Cl)c(OCC(F)(F)F)c(-c3ccc(C(F)(F)F)cc3)c2)CCC1. The fourth-order valence-electron chi connectivity index (χ4n) is 3.27. The van der Waals surface area contributed by atoms with Gasteiger partial charge in [-0.05, 0) is 54.7 Å². The Kier molecular flexibility index (Phi) is 5.95. The Hall–Kier alpha value is -2.42. The lowest BCUT2D eigenvalue weighted by molar-refractivity contribution is -0.155. The molecule has 0 radical (unpaired) electrons. The van der Waals surface area contributed by atoms with Crippen molar-refractivity contribution in [3.63, 3.8) is 0 Å². The van der Waals surface area contributed by atoms with Crippen LogP contribution in [0, 0.1) is 0 Å². The van der Waals surface area contributed by atoms with Gasteiger partial charge in [-0.2, -0.15) is 26.3 Å². The molecule has 0 spiro atoms. The van der Waals surface area contributed by atoms with E-state index in [0.717, 1.165) is 30.7 Å². The van der Waals surface area contributed by atoms with Crippen LogP contribution in [0.2, 0.25) is 5.02 Å². The second-order valence-electron chi connectivity index (χ2n) is 6.88. The fourth-order valence-corrected chi connectivity index (χ4v) is 3.55. The van der Waals surface area contributed by atoms with Gasteiger partial charge in [0.05, 0.1) is 10.6 Å². The molecule has 1 aliphatic rings. The first-order valence-corrected chi connectivity index (χ1v) is 9.16. The van der Waals surface area contributed by atoms with Gasteiger partial charge in [0.25, 0.3) is 6.47 Å². The van der Waals surface area contributed by atoms with Crippen LogP contribution < -0.4 is 4.74 Å². The van der Waals surface area contributed by atoms with E-state index in [0.29, 0.717) is 18.4 Å². The lowest BCUT2D eigenvalue weighted by Gasteiger charge is -2.40. The van der Waals surface area contributed by atoms with Crippen molar-refractivity contribution in [3.8, 4) is 16.9 Å². The molecular weight excluding hydrogens is 438 g/mol. The molecule has 162 valence electrons. The van der Waals surface area contributed by atoms with Crippen molar-refractivity contribution in [2.45, 2.75) is 37.2 Å². The van der Waals surface area contributed by atoms with Crippen molar-refractivity contribution in [2.24, 2.45) is 0 Å². The van der Waals surface area contributed by atoms with Gasteiger partial charge in [0.1, 0.15) is 11.4 Å². The maximum absolute atomic E-state index is 12.9. The molecule has 30 heavy (non-hydrogen) atoms. The van der Waals surface area contributed by atoms with Gasteiger partial charge in [0.2, 0.25) is 0 Å². The van der Waals surface area contributed by atoms with E-state index in [1.165, 1.54) is 12.1 Å². The van der Waals surface area contributed by atoms with Crippen molar-refractivity contribution in [3.05, 3.63) is 52.5 Å². The van der Waals surface area contributed by atoms with E-state index in [2.05, 4.69) is 0 Å². The first-order valence-electron chi connectivity index (χ1n) is 8.78. The van der Waals surface area contributed by atoms with E-state index < -0.39 is 30.1 Å². The molecule has 0 amide bonds. The first-order chi connectivity index (χ1) is 14.0. The van der Waals surface area contributed by atoms with Crippen molar-refractivity contribution < 1.29 is 40.6 Å². The summed E-state index contributed by atoms with van der Waals surface area (Å²) in [5.74, 6) is -0.321. The Morgan fingerprint density at radius 3 is 2.13 bits per heavy atom. The molecule has 0 aliphatic heterocycles. The highest BCUT2D eigenvalue weighted by Gasteiger charge is 2.42. The quantitative estimate of drug-likeness (QED) is 0.370. The van der Waals surface area contributed by atoms with E-state index in [4.69, 9.17) is 21.1 Å². The number of rotatable bonds is 6. The van der Waals surface area contributed by atoms with Crippen LogP contribution in [-0.4, -0.2) is 19.3 Å². The minimum atomic E-state index is -4.64. The van der Waals surface area contributed by atoms with E-state index in [-0.39, 0.29) is 28.4 Å². The number of carbonyl (C=O) groups excluding carboxylic acids is 1. The van der Waals surface area contributed by atoms with Gasteiger partial charge in [0, 0.05) is 5.56 Å². The zero-order valence-corrected chi connectivity index (χ0v) is 16.0. The average Bonchev–Trinajstić information content (AvgIpc) is 2.61. The largest absolute Gasteiger partial charge is 0.482 e. The van der Waals surface area contributed by atoms with Crippen molar-refractivity contribution in [2.75, 3.05) is 6.61 Å². The predicted octanol–water partition coefficient (Wildman–Crippen LogP) is 6.52. The molecule has 1 saturated carbocycles. The summed E-state index contributed by atoms with van der Waals surface area (Å²) in [5, 5.41) is -0.174. The zero-order valence-electron chi connectivity index (χ0n) is 15.2. The Balaban J connectivity index is 2.10. The Morgan fingerprint density at radius 1 is 1.03 bits per heavy atom. The van der Waals surface area contributed by atoms with Crippen LogP contribution in [0.1, 0.15) is 30.4 Å². The summed E-state index contributed by atoms with van der Waals surface area (Å²) in [4.78, 5) is 10.9. The molecule has 0 bridgehead atoms. The van der Waals surface area contributed by atoms with Crippen LogP contribution in [0.4, 0.5) is 26.3 Å². The van der Waals surface area contributed by atoms with Gasteiger partial charge in [-0.25, -0.2) is 0 Å². The molecule has 1 aliphatic carbocycles. The summed E-state index contributed by atoms with van der Waals surface area (Å²) in [6, 6.07) is 6.64. The topological polar surface area (TPSA) is 35.5 Å². The number of hydrogen-bond acceptors (Lipinski definition) is 3. The molecule has 0 unspecified atom stereocenters. The number of alkyl halides is 6. The average molecular weight is 453 g/mol. The van der Waals surface area contributed by atoms with E-state index in [1.807, 2.05) is 0 Å². The molecule has 2 aromatic rings. The summed E-state index contributed by atoms with van der Waals surface area (Å²) in [7, 11) is 0.